The van der Waals surface area contributed by atoms with Crippen molar-refractivity contribution in [3.05, 3.63) is 71.5 Å². The molecule has 0 bridgehead atoms. The third-order valence-corrected chi connectivity index (χ3v) is 2.45. The molecule has 2 rings (SSSR count). The van der Waals surface area contributed by atoms with Crippen LogP contribution < -0.4 is 0 Å². The Morgan fingerprint density at radius 3 is 2.40 bits per heavy atom. The molecule has 0 atom stereocenters. The van der Waals surface area contributed by atoms with Crippen LogP contribution in [-0.4, -0.2) is 4.98 Å². The van der Waals surface area contributed by atoms with Gasteiger partial charge < -0.3 is 0 Å². The van der Waals surface area contributed by atoms with Crippen LogP contribution in [0.25, 0.3) is 5.57 Å². The molecule has 15 heavy (non-hydrogen) atoms. The van der Waals surface area contributed by atoms with Crippen molar-refractivity contribution in [3.8, 4) is 0 Å². The number of aromatic nitrogens is 1. The Labute approximate surface area is 94.1 Å². The molecule has 1 nitrogen and oxygen atoms in total. The van der Waals surface area contributed by atoms with Crippen molar-refractivity contribution in [2.75, 3.05) is 0 Å². The highest BCUT2D eigenvalue weighted by molar-refractivity contribution is 6.30. The molecule has 0 saturated heterocycles. The molecule has 0 aliphatic heterocycles. The lowest BCUT2D eigenvalue weighted by Gasteiger charge is -2.05. The van der Waals surface area contributed by atoms with Crippen LogP contribution in [0, 0.1) is 0 Å². The molecule has 0 amide bonds. The summed E-state index contributed by atoms with van der Waals surface area (Å²) < 4.78 is 0. The molecule has 2 heteroatoms. The highest BCUT2D eigenvalue weighted by Gasteiger charge is 2.01. The van der Waals surface area contributed by atoms with Crippen LogP contribution in [0.1, 0.15) is 11.1 Å². The first-order chi connectivity index (χ1) is 7.27. The summed E-state index contributed by atoms with van der Waals surface area (Å²) in [4.78, 5) is 4.06. The van der Waals surface area contributed by atoms with E-state index in [0.29, 0.717) is 0 Å². The Kier molecular flexibility index (Phi) is 2.84. The molecule has 1 heterocycles. The molecule has 0 aliphatic rings. The second kappa shape index (κ2) is 4.28. The van der Waals surface area contributed by atoms with Gasteiger partial charge >= 0.3 is 0 Å². The SMILES string of the molecule is C=C(c1ccc(Cl)cc1)c1cccnc1. The van der Waals surface area contributed by atoms with E-state index in [-0.39, 0.29) is 0 Å². The van der Waals surface area contributed by atoms with Gasteiger partial charge in [0.05, 0.1) is 0 Å². The van der Waals surface area contributed by atoms with Gasteiger partial charge in [-0.05, 0) is 34.9 Å². The van der Waals surface area contributed by atoms with Gasteiger partial charge in [0, 0.05) is 17.4 Å². The van der Waals surface area contributed by atoms with Crippen LogP contribution in [0.4, 0.5) is 0 Å². The van der Waals surface area contributed by atoms with E-state index in [1.54, 1.807) is 12.4 Å². The van der Waals surface area contributed by atoms with Gasteiger partial charge in [0.15, 0.2) is 0 Å². The monoisotopic (exact) mass is 215 g/mol. The number of halogens is 1. The molecule has 2 aromatic rings. The zero-order chi connectivity index (χ0) is 10.7. The maximum atomic E-state index is 5.82. The zero-order valence-electron chi connectivity index (χ0n) is 8.15. The average Bonchev–Trinajstić information content (AvgIpc) is 2.30. The lowest BCUT2D eigenvalue weighted by molar-refractivity contribution is 1.31. The lowest BCUT2D eigenvalue weighted by Crippen LogP contribution is -1.86. The summed E-state index contributed by atoms with van der Waals surface area (Å²) in [5.74, 6) is 0. The number of nitrogens with zero attached hydrogens (tertiary/aromatic N) is 1. The van der Waals surface area contributed by atoms with Gasteiger partial charge in [-0.15, -0.1) is 0 Å². The third kappa shape index (κ3) is 2.25. The highest BCUT2D eigenvalue weighted by Crippen LogP contribution is 2.21. The maximum absolute atomic E-state index is 5.82. The normalized spacial score (nSPS) is 9.93. The van der Waals surface area contributed by atoms with Crippen molar-refractivity contribution >= 4 is 17.2 Å². The highest BCUT2D eigenvalue weighted by atomic mass is 35.5. The van der Waals surface area contributed by atoms with Gasteiger partial charge in [-0.1, -0.05) is 36.4 Å². The molecule has 1 aromatic carbocycles. The van der Waals surface area contributed by atoms with Gasteiger partial charge in [0.25, 0.3) is 0 Å². The quantitative estimate of drug-likeness (QED) is 0.743. The third-order valence-electron chi connectivity index (χ3n) is 2.20. The Hall–Kier alpha value is -1.60. The van der Waals surface area contributed by atoms with E-state index in [1.807, 2.05) is 36.4 Å². The fourth-order valence-corrected chi connectivity index (χ4v) is 1.48. The van der Waals surface area contributed by atoms with Gasteiger partial charge in [0.2, 0.25) is 0 Å². The Bertz CT molecular complexity index is 460. The molecule has 0 spiro atoms. The van der Waals surface area contributed by atoms with Gasteiger partial charge in [-0.3, -0.25) is 4.98 Å². The molecule has 0 fully saturated rings. The minimum Gasteiger partial charge on any atom is -0.264 e. The summed E-state index contributed by atoms with van der Waals surface area (Å²) in [6, 6.07) is 11.5. The second-order valence-corrected chi connectivity index (χ2v) is 3.66. The molecule has 0 aliphatic carbocycles. The average molecular weight is 216 g/mol. The Morgan fingerprint density at radius 2 is 1.80 bits per heavy atom. The van der Waals surface area contributed by atoms with E-state index >= 15 is 0 Å². The first kappa shape index (κ1) is 9.94. The van der Waals surface area contributed by atoms with Crippen molar-refractivity contribution in [3.63, 3.8) is 0 Å². The number of rotatable bonds is 2. The first-order valence-electron chi connectivity index (χ1n) is 4.62. The molecule has 74 valence electrons. The smallest absolute Gasteiger partial charge is 0.0406 e. The van der Waals surface area contributed by atoms with E-state index in [4.69, 9.17) is 11.6 Å². The molecule has 0 radical (unpaired) electrons. The largest absolute Gasteiger partial charge is 0.264 e. The van der Waals surface area contributed by atoms with E-state index in [9.17, 15) is 0 Å². The summed E-state index contributed by atoms with van der Waals surface area (Å²) >= 11 is 5.82. The number of hydrogen-bond donors (Lipinski definition) is 0. The van der Waals surface area contributed by atoms with E-state index in [2.05, 4.69) is 11.6 Å². The zero-order valence-corrected chi connectivity index (χ0v) is 8.91. The molecular weight excluding hydrogens is 206 g/mol. The predicted molar refractivity (Wildman–Crippen MR) is 63.8 cm³/mol. The van der Waals surface area contributed by atoms with Gasteiger partial charge in [-0.2, -0.15) is 0 Å². The van der Waals surface area contributed by atoms with E-state index in [0.717, 1.165) is 21.7 Å². The molecule has 1 aromatic heterocycles. The summed E-state index contributed by atoms with van der Waals surface area (Å²) in [7, 11) is 0. The van der Waals surface area contributed by atoms with Crippen LogP contribution in [0.5, 0.6) is 0 Å². The summed E-state index contributed by atoms with van der Waals surface area (Å²) in [6.07, 6.45) is 3.55. The summed E-state index contributed by atoms with van der Waals surface area (Å²) in [6.45, 7) is 4.04. The lowest BCUT2D eigenvalue weighted by atomic mass is 10.0. The van der Waals surface area contributed by atoms with E-state index in [1.165, 1.54) is 0 Å². The molecule has 0 unspecified atom stereocenters. The Balaban J connectivity index is 2.33. The predicted octanol–water partition coefficient (Wildman–Crippen LogP) is 3.80. The molecule has 0 saturated carbocycles. The minimum absolute atomic E-state index is 0.734. The minimum atomic E-state index is 0.734. The first-order valence-corrected chi connectivity index (χ1v) is 5.00. The summed E-state index contributed by atoms with van der Waals surface area (Å²) in [5.41, 5.74) is 3.05. The van der Waals surface area contributed by atoms with Crippen molar-refractivity contribution in [1.82, 2.24) is 4.98 Å². The fourth-order valence-electron chi connectivity index (χ4n) is 1.36. The van der Waals surface area contributed by atoms with Crippen molar-refractivity contribution in [2.45, 2.75) is 0 Å². The topological polar surface area (TPSA) is 12.9 Å². The molecule has 0 N–H and O–H groups in total. The standard InChI is InChI=1S/C13H10ClN/c1-10(12-3-2-8-15-9-12)11-4-6-13(14)7-5-11/h2-9H,1H2. The maximum Gasteiger partial charge on any atom is 0.0406 e. The summed E-state index contributed by atoms with van der Waals surface area (Å²) in [5, 5.41) is 0.734. The Morgan fingerprint density at radius 1 is 1.07 bits per heavy atom. The van der Waals surface area contributed by atoms with Crippen LogP contribution in [0.3, 0.4) is 0 Å². The number of pyridine rings is 1. The fraction of sp³-hybridized carbons (Fsp3) is 0. The molecular formula is C13H10ClN. The van der Waals surface area contributed by atoms with Crippen molar-refractivity contribution < 1.29 is 0 Å². The second-order valence-electron chi connectivity index (χ2n) is 3.23. The van der Waals surface area contributed by atoms with Crippen molar-refractivity contribution in [2.24, 2.45) is 0 Å². The number of hydrogen-bond acceptors (Lipinski definition) is 1. The van der Waals surface area contributed by atoms with Crippen LogP contribution >= 0.6 is 11.6 Å². The van der Waals surface area contributed by atoms with Gasteiger partial charge in [-0.25, -0.2) is 0 Å². The van der Waals surface area contributed by atoms with E-state index < -0.39 is 0 Å². The van der Waals surface area contributed by atoms with Crippen LogP contribution in [0.2, 0.25) is 5.02 Å². The number of benzene rings is 1. The van der Waals surface area contributed by atoms with Crippen molar-refractivity contribution in [1.29, 1.82) is 0 Å². The van der Waals surface area contributed by atoms with Crippen LogP contribution in [-0.2, 0) is 0 Å². The van der Waals surface area contributed by atoms with Crippen LogP contribution in [0.15, 0.2) is 55.4 Å². The van der Waals surface area contributed by atoms with Gasteiger partial charge in [0.1, 0.15) is 0 Å².